The molecular formula is C72H54N4. The number of rotatable bonds is 7. The van der Waals surface area contributed by atoms with Crippen LogP contribution in [0.3, 0.4) is 0 Å². The summed E-state index contributed by atoms with van der Waals surface area (Å²) in [5, 5.41) is 5.07. The zero-order valence-corrected chi connectivity index (χ0v) is 42.2. The molecule has 4 nitrogen and oxygen atoms in total. The third-order valence-electron chi connectivity index (χ3n) is 17.4. The highest BCUT2D eigenvalue weighted by atomic mass is 15.2. The lowest BCUT2D eigenvalue weighted by Crippen LogP contribution is -2.33. The molecule has 0 fully saturated rings. The van der Waals surface area contributed by atoms with E-state index in [1.165, 1.54) is 105 Å². The van der Waals surface area contributed by atoms with E-state index in [-0.39, 0.29) is 12.0 Å². The van der Waals surface area contributed by atoms with Crippen LogP contribution in [0, 0.1) is 11.8 Å². The number of hydrogen-bond acceptors (Lipinski definition) is 2. The lowest BCUT2D eigenvalue weighted by Gasteiger charge is -2.33. The van der Waals surface area contributed by atoms with Gasteiger partial charge in [-0.2, -0.15) is 0 Å². The van der Waals surface area contributed by atoms with E-state index < -0.39 is 0 Å². The Morgan fingerprint density at radius 1 is 0.355 bits per heavy atom. The van der Waals surface area contributed by atoms with Gasteiger partial charge in [0, 0.05) is 67.5 Å². The molecule has 4 aliphatic carbocycles. The molecule has 0 saturated carbocycles. The van der Waals surface area contributed by atoms with E-state index in [1.54, 1.807) is 5.57 Å². The number of nitrogens with zero attached hydrogens (tertiary/aromatic N) is 4. The molecule has 0 saturated heterocycles. The summed E-state index contributed by atoms with van der Waals surface area (Å²) in [6.07, 6.45) is 30.2. The molecule has 6 aliphatic rings. The van der Waals surface area contributed by atoms with Crippen molar-refractivity contribution in [1.29, 1.82) is 0 Å². The molecule has 8 aromatic carbocycles. The SMILES string of the molecule is C1=CC2C3=C(C=CCC3)N(c3ccc(-c4ccc(N5C6=C(CCC=C6)C6C(c7ccc8c9ccccc9n(-c9cccc(-c%10cccc(-n%11c%12ccccc%12c%12ccccc%12%11)c%10)c9)c8c7)=CC=CC65)cc4)cc3)C2C=C1. The van der Waals surface area contributed by atoms with E-state index in [4.69, 9.17) is 0 Å². The number of hydrogen-bond donors (Lipinski definition) is 0. The molecule has 4 atom stereocenters. The monoisotopic (exact) mass is 974 g/mol. The van der Waals surface area contributed by atoms with Crippen molar-refractivity contribution in [3.05, 3.63) is 283 Å². The summed E-state index contributed by atoms with van der Waals surface area (Å²) in [6, 6.07) is 70.9. The molecule has 0 spiro atoms. The van der Waals surface area contributed by atoms with Crippen LogP contribution in [0.25, 0.3) is 82.8 Å². The number of para-hydroxylation sites is 3. The summed E-state index contributed by atoms with van der Waals surface area (Å²) in [5.74, 6) is 0.704. The Kier molecular flexibility index (Phi) is 9.81. The van der Waals surface area contributed by atoms with E-state index >= 15 is 0 Å². The van der Waals surface area contributed by atoms with Gasteiger partial charge in [-0.25, -0.2) is 0 Å². The molecule has 0 N–H and O–H groups in total. The molecule has 16 rings (SSSR count). The molecule has 4 unspecified atom stereocenters. The Bertz CT molecular complexity index is 4260. The lowest BCUT2D eigenvalue weighted by atomic mass is 9.78. The smallest absolute Gasteiger partial charge is 0.0632 e. The van der Waals surface area contributed by atoms with Crippen molar-refractivity contribution in [2.24, 2.45) is 11.8 Å². The summed E-state index contributed by atoms with van der Waals surface area (Å²) in [6.45, 7) is 0. The van der Waals surface area contributed by atoms with Gasteiger partial charge >= 0.3 is 0 Å². The molecule has 2 aromatic heterocycles. The van der Waals surface area contributed by atoms with Gasteiger partial charge in [0.2, 0.25) is 0 Å². The number of benzene rings is 8. The van der Waals surface area contributed by atoms with E-state index in [9.17, 15) is 0 Å². The molecule has 4 heteroatoms. The maximum absolute atomic E-state index is 2.61. The summed E-state index contributed by atoms with van der Waals surface area (Å²) >= 11 is 0. The van der Waals surface area contributed by atoms with E-state index in [1.807, 2.05) is 0 Å². The topological polar surface area (TPSA) is 16.3 Å². The molecule has 0 amide bonds. The molecule has 4 heterocycles. The maximum Gasteiger partial charge on any atom is 0.0632 e. The molecular weight excluding hydrogens is 921 g/mol. The van der Waals surface area contributed by atoms with Crippen LogP contribution in [0.2, 0.25) is 0 Å². The van der Waals surface area contributed by atoms with Gasteiger partial charge in [-0.3, -0.25) is 0 Å². The largest absolute Gasteiger partial charge is 0.334 e. The number of anilines is 2. The van der Waals surface area contributed by atoms with Gasteiger partial charge in [-0.05, 0) is 155 Å². The second-order valence-corrected chi connectivity index (χ2v) is 21.4. The summed E-state index contributed by atoms with van der Waals surface area (Å²) in [5.41, 5.74) is 23.0. The Morgan fingerprint density at radius 3 is 1.47 bits per heavy atom. The van der Waals surface area contributed by atoms with Gasteiger partial charge in [0.05, 0.1) is 34.2 Å². The fourth-order valence-corrected chi connectivity index (χ4v) is 14.1. The third kappa shape index (κ3) is 6.63. The van der Waals surface area contributed by atoms with Gasteiger partial charge in [0.15, 0.2) is 0 Å². The Balaban J connectivity index is 0.723. The number of fused-ring (bicyclic) bond motifs is 10. The first-order valence-corrected chi connectivity index (χ1v) is 27.3. The summed E-state index contributed by atoms with van der Waals surface area (Å²) in [4.78, 5) is 5.17. The average molecular weight is 975 g/mol. The normalized spacial score (nSPS) is 20.3. The van der Waals surface area contributed by atoms with E-state index in [2.05, 4.69) is 274 Å². The second kappa shape index (κ2) is 17.2. The molecule has 0 radical (unpaired) electrons. The zero-order chi connectivity index (χ0) is 49.8. The first-order valence-electron chi connectivity index (χ1n) is 27.3. The van der Waals surface area contributed by atoms with Crippen molar-refractivity contribution in [3.63, 3.8) is 0 Å². The van der Waals surface area contributed by atoms with Crippen molar-refractivity contribution < 1.29 is 0 Å². The predicted molar refractivity (Wildman–Crippen MR) is 318 cm³/mol. The first-order chi connectivity index (χ1) is 37.7. The highest BCUT2D eigenvalue weighted by Gasteiger charge is 2.43. The molecule has 362 valence electrons. The van der Waals surface area contributed by atoms with Gasteiger partial charge < -0.3 is 18.9 Å². The van der Waals surface area contributed by atoms with Crippen LogP contribution in [-0.4, -0.2) is 21.2 Å². The summed E-state index contributed by atoms with van der Waals surface area (Å²) in [7, 11) is 0. The first kappa shape index (κ1) is 43.3. The standard InChI is InChI=1S/C72H54N4/c1-7-27-64-57(20-1)58-21-2-8-28-65(58)73(64)52-39-34-47(35-40-52)48-36-41-53(42-37-48)74-69-32-12-6-25-63(69)72-56(26-15-33-70(72)74)51-38-43-62-61-24-5-11-31-68(61)76(71(62)46-51)55-19-14-17-50(45-55)49-16-13-18-54(44-49)75-66-29-9-3-22-59(66)60-23-4-10-30-67(60)75/h1,3-5,7-20,22-24,26-46,57,64,70,72H,2,6,21,25H2. The van der Waals surface area contributed by atoms with Crippen molar-refractivity contribution in [1.82, 2.24) is 9.13 Å². The predicted octanol–water partition coefficient (Wildman–Crippen LogP) is 17.8. The van der Waals surface area contributed by atoms with Crippen molar-refractivity contribution >= 4 is 60.6 Å². The van der Waals surface area contributed by atoms with E-state index in [0.29, 0.717) is 12.0 Å². The lowest BCUT2D eigenvalue weighted by molar-refractivity contribution is 0.658. The minimum atomic E-state index is 0.176. The fraction of sp³-hybridized carbons (Fsp3) is 0.111. The van der Waals surface area contributed by atoms with Crippen LogP contribution >= 0.6 is 0 Å². The Labute approximate surface area is 443 Å². The zero-order valence-electron chi connectivity index (χ0n) is 42.2. The Hall–Kier alpha value is -9.12. The Morgan fingerprint density at radius 2 is 0.855 bits per heavy atom. The van der Waals surface area contributed by atoms with Gasteiger partial charge in [-0.15, -0.1) is 0 Å². The number of allylic oxidation sites excluding steroid dienone is 8. The van der Waals surface area contributed by atoms with Crippen LogP contribution in [0.15, 0.2) is 277 Å². The highest BCUT2D eigenvalue weighted by molar-refractivity contribution is 6.11. The van der Waals surface area contributed by atoms with Crippen LogP contribution in [0.1, 0.15) is 31.2 Å². The van der Waals surface area contributed by atoms with Gasteiger partial charge in [-0.1, -0.05) is 170 Å². The van der Waals surface area contributed by atoms with Crippen LogP contribution in [0.5, 0.6) is 0 Å². The molecule has 76 heavy (non-hydrogen) atoms. The molecule has 2 aliphatic heterocycles. The maximum atomic E-state index is 2.61. The second-order valence-electron chi connectivity index (χ2n) is 21.4. The minimum Gasteiger partial charge on any atom is -0.334 e. The number of aromatic nitrogens is 2. The summed E-state index contributed by atoms with van der Waals surface area (Å²) < 4.78 is 4.90. The van der Waals surface area contributed by atoms with Crippen molar-refractivity contribution in [2.75, 3.05) is 9.80 Å². The van der Waals surface area contributed by atoms with E-state index in [0.717, 1.165) is 37.1 Å². The van der Waals surface area contributed by atoms with Crippen molar-refractivity contribution in [3.8, 4) is 33.6 Å². The quantitative estimate of drug-likeness (QED) is 0.158. The van der Waals surface area contributed by atoms with Gasteiger partial charge in [0.25, 0.3) is 0 Å². The molecule has 10 aromatic rings. The van der Waals surface area contributed by atoms with Crippen LogP contribution in [-0.2, 0) is 0 Å². The highest BCUT2D eigenvalue weighted by Crippen LogP contribution is 2.51. The third-order valence-corrected chi connectivity index (χ3v) is 17.4. The average Bonchev–Trinajstić information content (AvgIpc) is 4.29. The van der Waals surface area contributed by atoms with Crippen LogP contribution in [0.4, 0.5) is 11.4 Å². The molecule has 0 bridgehead atoms. The van der Waals surface area contributed by atoms with Crippen molar-refractivity contribution in [2.45, 2.75) is 37.8 Å². The van der Waals surface area contributed by atoms with Crippen LogP contribution < -0.4 is 9.80 Å². The fourth-order valence-electron chi connectivity index (χ4n) is 14.1. The van der Waals surface area contributed by atoms with Gasteiger partial charge in [0.1, 0.15) is 0 Å². The minimum absolute atomic E-state index is 0.176.